The number of hydrogen-bond acceptors (Lipinski definition) is 5. The molecule has 0 spiro atoms. The molecule has 0 bridgehead atoms. The van der Waals surface area contributed by atoms with E-state index in [0.29, 0.717) is 19.0 Å². The molecule has 1 aromatic heterocycles. The fraction of sp³-hybridized carbons (Fsp3) is 0.455. The number of ether oxygens (including phenoxy) is 1. The molecule has 1 atom stereocenters. The van der Waals surface area contributed by atoms with Crippen LogP contribution in [0.5, 0.6) is 0 Å². The topological polar surface area (TPSA) is 97.5 Å². The number of nitrogens with two attached hydrogens (primary N) is 1. The Kier molecular flexibility index (Phi) is 2.89. The number of aromatic carboxylic acids is 1. The number of hydrogen-bond donors (Lipinski definition) is 3. The summed E-state index contributed by atoms with van der Waals surface area (Å²) in [6, 6.07) is 1.45. The first kappa shape index (κ1) is 11.7. The second-order valence-corrected chi connectivity index (χ2v) is 4.45. The zero-order valence-corrected chi connectivity index (χ0v) is 9.56. The molecule has 1 unspecified atom stereocenters. The first-order valence-corrected chi connectivity index (χ1v) is 5.35. The van der Waals surface area contributed by atoms with E-state index < -0.39 is 5.97 Å². The summed E-state index contributed by atoms with van der Waals surface area (Å²) < 4.78 is 5.30. The van der Waals surface area contributed by atoms with Gasteiger partial charge in [-0.05, 0) is 19.4 Å². The van der Waals surface area contributed by atoms with Crippen molar-refractivity contribution in [1.29, 1.82) is 0 Å². The monoisotopic (exact) mass is 237 g/mol. The molecule has 1 aliphatic heterocycles. The molecule has 6 heteroatoms. The zero-order valence-electron chi connectivity index (χ0n) is 9.56. The smallest absolute Gasteiger partial charge is 0.337 e. The van der Waals surface area contributed by atoms with Crippen molar-refractivity contribution in [2.45, 2.75) is 18.9 Å². The second-order valence-electron chi connectivity index (χ2n) is 4.45. The number of carboxylic acids is 1. The van der Waals surface area contributed by atoms with Crippen molar-refractivity contribution in [3.05, 3.63) is 17.8 Å². The molecule has 2 heterocycles. The van der Waals surface area contributed by atoms with E-state index in [2.05, 4.69) is 10.3 Å². The minimum atomic E-state index is -1.05. The Balaban J connectivity index is 2.22. The summed E-state index contributed by atoms with van der Waals surface area (Å²) in [5.41, 5.74) is 5.56. The summed E-state index contributed by atoms with van der Waals surface area (Å²) in [4.78, 5) is 15.0. The van der Waals surface area contributed by atoms with Crippen LogP contribution in [0.4, 0.5) is 11.5 Å². The minimum Gasteiger partial charge on any atom is -0.478 e. The van der Waals surface area contributed by atoms with E-state index in [4.69, 9.17) is 15.6 Å². The van der Waals surface area contributed by atoms with Crippen molar-refractivity contribution in [2.24, 2.45) is 0 Å². The normalized spacial score (nSPS) is 23.6. The van der Waals surface area contributed by atoms with Crippen molar-refractivity contribution in [2.75, 3.05) is 24.3 Å². The molecule has 6 nitrogen and oxygen atoms in total. The molecule has 1 aromatic rings. The summed E-state index contributed by atoms with van der Waals surface area (Å²) in [5, 5.41) is 12.1. The molecular formula is C11H15N3O3. The van der Waals surface area contributed by atoms with Gasteiger partial charge in [0.15, 0.2) is 0 Å². The highest BCUT2D eigenvalue weighted by molar-refractivity contribution is 5.94. The number of nitrogen functional groups attached to an aromatic ring is 1. The van der Waals surface area contributed by atoms with Crippen LogP contribution in [-0.2, 0) is 4.74 Å². The second kappa shape index (κ2) is 4.21. The standard InChI is InChI=1S/C11H15N3O3/c1-11(2-3-17-6-11)14-9-4-7(10(15)16)8(12)5-13-9/h4-5H,2-3,6,12H2,1H3,(H,13,14)(H,15,16). The quantitative estimate of drug-likeness (QED) is 0.724. The molecule has 0 amide bonds. The average molecular weight is 237 g/mol. The Labute approximate surface area is 98.8 Å². The van der Waals surface area contributed by atoms with Gasteiger partial charge in [0.1, 0.15) is 5.82 Å². The lowest BCUT2D eigenvalue weighted by molar-refractivity contribution is 0.0698. The van der Waals surface area contributed by atoms with Gasteiger partial charge in [0.25, 0.3) is 0 Å². The van der Waals surface area contributed by atoms with Crippen LogP contribution < -0.4 is 11.1 Å². The molecule has 0 aromatic carbocycles. The number of nitrogens with one attached hydrogen (secondary N) is 1. The SMILES string of the molecule is CC1(Nc2cc(C(=O)O)c(N)cn2)CCOC1. The summed E-state index contributed by atoms with van der Waals surface area (Å²) in [7, 11) is 0. The van der Waals surface area contributed by atoms with Crippen LogP contribution in [0.1, 0.15) is 23.7 Å². The molecule has 92 valence electrons. The number of nitrogens with zero attached hydrogens (tertiary/aromatic N) is 1. The lowest BCUT2D eigenvalue weighted by atomic mass is 10.0. The van der Waals surface area contributed by atoms with Crippen molar-refractivity contribution < 1.29 is 14.6 Å². The van der Waals surface area contributed by atoms with Crippen molar-refractivity contribution in [1.82, 2.24) is 4.98 Å². The Morgan fingerprint density at radius 2 is 2.47 bits per heavy atom. The van der Waals surface area contributed by atoms with E-state index in [0.717, 1.165) is 6.42 Å². The first-order valence-electron chi connectivity index (χ1n) is 5.35. The van der Waals surface area contributed by atoms with Crippen LogP contribution in [0.3, 0.4) is 0 Å². The molecule has 1 aliphatic rings. The van der Waals surface area contributed by atoms with Gasteiger partial charge in [-0.25, -0.2) is 9.78 Å². The van der Waals surface area contributed by atoms with Crippen LogP contribution in [-0.4, -0.2) is 34.8 Å². The number of anilines is 2. The molecular weight excluding hydrogens is 222 g/mol. The van der Waals surface area contributed by atoms with Gasteiger partial charge in [-0.3, -0.25) is 0 Å². The molecule has 4 N–H and O–H groups in total. The summed E-state index contributed by atoms with van der Waals surface area (Å²) >= 11 is 0. The number of aromatic nitrogens is 1. The van der Waals surface area contributed by atoms with Gasteiger partial charge in [-0.15, -0.1) is 0 Å². The van der Waals surface area contributed by atoms with E-state index in [-0.39, 0.29) is 16.8 Å². The maximum atomic E-state index is 10.9. The van der Waals surface area contributed by atoms with E-state index in [9.17, 15) is 4.79 Å². The van der Waals surface area contributed by atoms with E-state index in [1.807, 2.05) is 6.92 Å². The summed E-state index contributed by atoms with van der Waals surface area (Å²) in [6.07, 6.45) is 2.21. The lowest BCUT2D eigenvalue weighted by Crippen LogP contribution is -2.35. The Hall–Kier alpha value is -1.82. The number of rotatable bonds is 3. The van der Waals surface area contributed by atoms with Crippen LogP contribution in [0.15, 0.2) is 12.3 Å². The predicted octanol–water partition coefficient (Wildman–Crippen LogP) is 0.953. The van der Waals surface area contributed by atoms with Crippen LogP contribution in [0.25, 0.3) is 0 Å². The fourth-order valence-corrected chi connectivity index (χ4v) is 1.79. The van der Waals surface area contributed by atoms with E-state index in [1.54, 1.807) is 0 Å². The molecule has 1 fully saturated rings. The van der Waals surface area contributed by atoms with Crippen LogP contribution >= 0.6 is 0 Å². The molecule has 2 rings (SSSR count). The van der Waals surface area contributed by atoms with Gasteiger partial charge in [-0.2, -0.15) is 0 Å². The van der Waals surface area contributed by atoms with Crippen molar-refractivity contribution in [3.8, 4) is 0 Å². The maximum absolute atomic E-state index is 10.9. The molecule has 0 saturated carbocycles. The molecule has 0 aliphatic carbocycles. The first-order chi connectivity index (χ1) is 8.00. The number of carboxylic acid groups (broad SMARTS) is 1. The van der Waals surface area contributed by atoms with Gasteiger partial charge in [0, 0.05) is 6.61 Å². The Morgan fingerprint density at radius 3 is 3.06 bits per heavy atom. The third-order valence-corrected chi connectivity index (χ3v) is 2.81. The summed E-state index contributed by atoms with van der Waals surface area (Å²) in [6.45, 7) is 3.30. The third-order valence-electron chi connectivity index (χ3n) is 2.81. The summed E-state index contributed by atoms with van der Waals surface area (Å²) in [5.74, 6) is -0.551. The highest BCUT2D eigenvalue weighted by atomic mass is 16.5. The maximum Gasteiger partial charge on any atom is 0.337 e. The van der Waals surface area contributed by atoms with Gasteiger partial charge in [-0.1, -0.05) is 0 Å². The highest BCUT2D eigenvalue weighted by Crippen LogP contribution is 2.24. The lowest BCUT2D eigenvalue weighted by Gasteiger charge is -2.24. The zero-order chi connectivity index (χ0) is 12.5. The third kappa shape index (κ3) is 2.47. The van der Waals surface area contributed by atoms with Gasteiger partial charge in [0.05, 0.1) is 29.6 Å². The Bertz CT molecular complexity index is 442. The van der Waals surface area contributed by atoms with E-state index in [1.165, 1.54) is 12.3 Å². The number of pyridine rings is 1. The Morgan fingerprint density at radius 1 is 1.71 bits per heavy atom. The molecule has 1 saturated heterocycles. The van der Waals surface area contributed by atoms with Crippen molar-refractivity contribution in [3.63, 3.8) is 0 Å². The number of carbonyl (C=O) groups is 1. The minimum absolute atomic E-state index is 0.0602. The van der Waals surface area contributed by atoms with Gasteiger partial charge < -0.3 is 20.9 Å². The van der Waals surface area contributed by atoms with Gasteiger partial charge in [0.2, 0.25) is 0 Å². The average Bonchev–Trinajstić information content (AvgIpc) is 2.67. The predicted molar refractivity (Wildman–Crippen MR) is 63.1 cm³/mol. The largest absolute Gasteiger partial charge is 0.478 e. The van der Waals surface area contributed by atoms with Crippen molar-refractivity contribution >= 4 is 17.5 Å². The molecule has 0 radical (unpaired) electrons. The highest BCUT2D eigenvalue weighted by Gasteiger charge is 2.30. The van der Waals surface area contributed by atoms with E-state index >= 15 is 0 Å². The van der Waals surface area contributed by atoms with Gasteiger partial charge >= 0.3 is 5.97 Å². The van der Waals surface area contributed by atoms with Crippen LogP contribution in [0.2, 0.25) is 0 Å². The fourth-order valence-electron chi connectivity index (χ4n) is 1.79. The van der Waals surface area contributed by atoms with Crippen LogP contribution in [0, 0.1) is 0 Å². The molecule has 17 heavy (non-hydrogen) atoms.